The molecule has 0 saturated carbocycles. The van der Waals surface area contributed by atoms with Crippen LogP contribution in [-0.2, 0) is 4.79 Å². The topological polar surface area (TPSA) is 36.4 Å². The lowest BCUT2D eigenvalue weighted by molar-refractivity contribution is -0.117. The number of hydrogen-bond donors (Lipinski definition) is 0. The van der Waals surface area contributed by atoms with Crippen LogP contribution < -0.4 is 9.80 Å². The maximum Gasteiger partial charge on any atom is 0.227 e. The summed E-state index contributed by atoms with van der Waals surface area (Å²) >= 11 is 1.71. The van der Waals surface area contributed by atoms with E-state index < -0.39 is 0 Å². The molecule has 2 aliphatic heterocycles. The van der Waals surface area contributed by atoms with Gasteiger partial charge in [-0.05, 0) is 31.4 Å². The molecule has 22 heavy (non-hydrogen) atoms. The Balaban J connectivity index is 1.61. The monoisotopic (exact) mass is 313 g/mol. The highest BCUT2D eigenvalue weighted by atomic mass is 32.1. The summed E-state index contributed by atoms with van der Waals surface area (Å²) in [6.07, 6.45) is 4.15. The van der Waals surface area contributed by atoms with E-state index in [2.05, 4.69) is 22.4 Å². The average Bonchev–Trinajstić information content (AvgIpc) is 3.28. The first-order valence-corrected chi connectivity index (χ1v) is 8.80. The van der Waals surface area contributed by atoms with E-state index in [0.29, 0.717) is 6.42 Å². The van der Waals surface area contributed by atoms with E-state index in [9.17, 15) is 4.79 Å². The molecule has 0 spiro atoms. The molecule has 1 amide bonds. The fourth-order valence-electron chi connectivity index (χ4n) is 3.20. The van der Waals surface area contributed by atoms with Gasteiger partial charge in [0.1, 0.15) is 0 Å². The fourth-order valence-corrected chi connectivity index (χ4v) is 4.09. The molecule has 5 heteroatoms. The number of carbonyl (C=O) groups is 1. The molecule has 114 valence electrons. The molecule has 0 radical (unpaired) electrons. The number of carbonyl (C=O) groups excluding carboxylic acids is 1. The molecule has 0 atom stereocenters. The molecule has 4 rings (SSSR count). The minimum atomic E-state index is 0.230. The van der Waals surface area contributed by atoms with E-state index in [1.54, 1.807) is 11.3 Å². The Bertz CT molecular complexity index is 691. The van der Waals surface area contributed by atoms with Crippen LogP contribution in [0.15, 0.2) is 29.6 Å². The van der Waals surface area contributed by atoms with Crippen molar-refractivity contribution in [3.63, 3.8) is 0 Å². The van der Waals surface area contributed by atoms with Gasteiger partial charge in [-0.2, -0.15) is 0 Å². The Morgan fingerprint density at radius 2 is 1.95 bits per heavy atom. The molecular weight excluding hydrogens is 294 g/mol. The second kappa shape index (κ2) is 5.72. The predicted molar refractivity (Wildman–Crippen MR) is 90.6 cm³/mol. The molecule has 0 aliphatic carbocycles. The number of aromatic nitrogens is 1. The largest absolute Gasteiger partial charge is 0.348 e. The van der Waals surface area contributed by atoms with Crippen LogP contribution in [0.5, 0.6) is 0 Å². The molecule has 4 nitrogen and oxygen atoms in total. The molecule has 1 aromatic heterocycles. The van der Waals surface area contributed by atoms with Crippen LogP contribution in [0.25, 0.3) is 11.3 Å². The van der Waals surface area contributed by atoms with Crippen molar-refractivity contribution in [1.82, 2.24) is 4.98 Å². The Labute approximate surface area is 134 Å². The first-order valence-electron chi connectivity index (χ1n) is 7.92. The lowest BCUT2D eigenvalue weighted by atomic mass is 10.1. The average molecular weight is 313 g/mol. The lowest BCUT2D eigenvalue weighted by Crippen LogP contribution is -2.23. The normalized spacial score (nSPS) is 18.5. The summed E-state index contributed by atoms with van der Waals surface area (Å²) in [5.74, 6) is 0.230. The number of rotatable bonds is 3. The van der Waals surface area contributed by atoms with Gasteiger partial charge in [-0.3, -0.25) is 4.79 Å². The summed E-state index contributed by atoms with van der Waals surface area (Å²) < 4.78 is 0. The number of thiazole rings is 1. The minimum absolute atomic E-state index is 0.230. The van der Waals surface area contributed by atoms with Gasteiger partial charge < -0.3 is 9.80 Å². The minimum Gasteiger partial charge on any atom is -0.348 e. The second-order valence-electron chi connectivity index (χ2n) is 5.91. The van der Waals surface area contributed by atoms with E-state index >= 15 is 0 Å². The van der Waals surface area contributed by atoms with Crippen molar-refractivity contribution < 1.29 is 4.79 Å². The second-order valence-corrected chi connectivity index (χ2v) is 6.75. The molecule has 1 aromatic carbocycles. The molecular formula is C17H19N3OS. The zero-order valence-corrected chi connectivity index (χ0v) is 13.3. The zero-order valence-electron chi connectivity index (χ0n) is 12.5. The predicted octanol–water partition coefficient (Wildman–Crippen LogP) is 3.54. The summed E-state index contributed by atoms with van der Waals surface area (Å²) in [5.41, 5.74) is 3.11. The van der Waals surface area contributed by atoms with Crippen molar-refractivity contribution in [3.05, 3.63) is 29.6 Å². The number of nitrogens with zero attached hydrogens (tertiary/aromatic N) is 3. The summed E-state index contributed by atoms with van der Waals surface area (Å²) in [6, 6.07) is 8.20. The maximum absolute atomic E-state index is 11.9. The van der Waals surface area contributed by atoms with Crippen molar-refractivity contribution in [2.75, 3.05) is 29.4 Å². The van der Waals surface area contributed by atoms with Crippen LogP contribution in [0.4, 0.5) is 10.8 Å². The Kier molecular flexibility index (Phi) is 3.58. The number of amides is 1. The molecule has 2 fully saturated rings. The molecule has 0 N–H and O–H groups in total. The van der Waals surface area contributed by atoms with Gasteiger partial charge >= 0.3 is 0 Å². The van der Waals surface area contributed by atoms with Gasteiger partial charge in [-0.15, -0.1) is 11.3 Å². The smallest absolute Gasteiger partial charge is 0.227 e. The molecule has 0 unspecified atom stereocenters. The van der Waals surface area contributed by atoms with E-state index in [0.717, 1.165) is 48.1 Å². The quantitative estimate of drug-likeness (QED) is 0.869. The van der Waals surface area contributed by atoms with Crippen molar-refractivity contribution in [2.24, 2.45) is 0 Å². The van der Waals surface area contributed by atoms with Crippen LogP contribution in [0, 0.1) is 0 Å². The van der Waals surface area contributed by atoms with Crippen LogP contribution in [0.1, 0.15) is 25.7 Å². The van der Waals surface area contributed by atoms with Crippen LogP contribution >= 0.6 is 11.3 Å². The van der Waals surface area contributed by atoms with E-state index in [1.165, 1.54) is 12.8 Å². The highest BCUT2D eigenvalue weighted by molar-refractivity contribution is 7.14. The Morgan fingerprint density at radius 1 is 1.09 bits per heavy atom. The third-order valence-corrected chi connectivity index (χ3v) is 5.30. The number of hydrogen-bond acceptors (Lipinski definition) is 4. The Morgan fingerprint density at radius 3 is 2.73 bits per heavy atom. The molecule has 2 aromatic rings. The third kappa shape index (κ3) is 2.50. The highest BCUT2D eigenvalue weighted by Gasteiger charge is 2.22. The summed E-state index contributed by atoms with van der Waals surface area (Å²) in [6.45, 7) is 3.07. The lowest BCUT2D eigenvalue weighted by Gasteiger charge is -2.16. The summed E-state index contributed by atoms with van der Waals surface area (Å²) in [7, 11) is 0. The Hall–Kier alpha value is -1.88. The highest BCUT2D eigenvalue weighted by Crippen LogP contribution is 2.32. The number of anilines is 2. The van der Waals surface area contributed by atoms with E-state index in [-0.39, 0.29) is 5.91 Å². The zero-order chi connectivity index (χ0) is 14.9. The van der Waals surface area contributed by atoms with Crippen LogP contribution in [-0.4, -0.2) is 30.5 Å². The first kappa shape index (κ1) is 13.8. The van der Waals surface area contributed by atoms with E-state index in [1.807, 2.05) is 17.0 Å². The fraction of sp³-hybridized carbons (Fsp3) is 0.412. The maximum atomic E-state index is 11.9. The molecule has 2 aliphatic rings. The van der Waals surface area contributed by atoms with Gasteiger partial charge in [-0.1, -0.05) is 12.1 Å². The standard InChI is InChI=1S/C17H19N3OS/c21-16-7-4-10-20(16)14-6-3-5-13(11-14)15-12-22-17(18-15)19-8-1-2-9-19/h3,5-6,11-12H,1-2,4,7-10H2. The molecule has 2 saturated heterocycles. The first-order chi connectivity index (χ1) is 10.8. The summed E-state index contributed by atoms with van der Waals surface area (Å²) in [4.78, 5) is 20.9. The van der Waals surface area contributed by atoms with Crippen molar-refractivity contribution in [1.29, 1.82) is 0 Å². The van der Waals surface area contributed by atoms with Gasteiger partial charge in [-0.25, -0.2) is 4.98 Å². The molecule has 0 bridgehead atoms. The number of benzene rings is 1. The van der Waals surface area contributed by atoms with Gasteiger partial charge in [0.15, 0.2) is 5.13 Å². The SMILES string of the molecule is O=C1CCCN1c1cccc(-c2csc(N3CCCC3)n2)c1. The van der Waals surface area contributed by atoms with Crippen LogP contribution in [0.3, 0.4) is 0 Å². The van der Waals surface area contributed by atoms with Crippen LogP contribution in [0.2, 0.25) is 0 Å². The molecule has 3 heterocycles. The summed E-state index contributed by atoms with van der Waals surface area (Å²) in [5, 5.41) is 3.24. The van der Waals surface area contributed by atoms with Gasteiger partial charge in [0.05, 0.1) is 5.69 Å². The van der Waals surface area contributed by atoms with Crippen molar-refractivity contribution in [2.45, 2.75) is 25.7 Å². The van der Waals surface area contributed by atoms with Crippen molar-refractivity contribution in [3.8, 4) is 11.3 Å². The van der Waals surface area contributed by atoms with Gasteiger partial charge in [0.25, 0.3) is 0 Å². The van der Waals surface area contributed by atoms with Gasteiger partial charge in [0.2, 0.25) is 5.91 Å². The third-order valence-electron chi connectivity index (χ3n) is 4.40. The van der Waals surface area contributed by atoms with Crippen molar-refractivity contribution >= 4 is 28.1 Å². The van der Waals surface area contributed by atoms with Gasteiger partial charge in [0, 0.05) is 42.7 Å². The van der Waals surface area contributed by atoms with E-state index in [4.69, 9.17) is 4.98 Å².